The Morgan fingerprint density at radius 1 is 1.48 bits per heavy atom. The lowest BCUT2D eigenvalue weighted by Crippen LogP contribution is -2.14. The molecule has 0 atom stereocenters. The number of nitrogens with one attached hydrogen (secondary N) is 2. The Morgan fingerprint density at radius 2 is 2.30 bits per heavy atom. The predicted octanol–water partition coefficient (Wildman–Crippen LogP) is 1.53. The fourth-order valence-corrected chi connectivity index (χ4v) is 2.78. The molecule has 3 rings (SSSR count). The lowest BCUT2D eigenvalue weighted by molar-refractivity contribution is -0.113. The molecule has 118 valence electrons. The number of imidazole rings is 1. The number of benzene rings is 1. The van der Waals surface area contributed by atoms with Crippen LogP contribution < -0.4 is 10.9 Å². The van der Waals surface area contributed by atoms with Crippen LogP contribution in [0.25, 0.3) is 11.2 Å². The molecule has 0 bridgehead atoms. The standard InChI is InChI=1S/C14H12FN5O2S/c1-20-12-11(13(22)17-7-16-12)19-14(20)23-6-10(21)18-9-4-2-3-8(15)5-9/h2-5,7H,6H2,1H3,(H,18,21)(H,16,17,22). The second-order valence-corrected chi connectivity index (χ2v) is 5.65. The Morgan fingerprint density at radius 3 is 3.04 bits per heavy atom. The molecule has 0 spiro atoms. The van der Waals surface area contributed by atoms with Gasteiger partial charge in [0.05, 0.1) is 12.1 Å². The van der Waals surface area contributed by atoms with Crippen LogP contribution in [0.3, 0.4) is 0 Å². The van der Waals surface area contributed by atoms with E-state index in [1.54, 1.807) is 17.7 Å². The van der Waals surface area contributed by atoms with E-state index in [2.05, 4.69) is 20.3 Å². The number of rotatable bonds is 4. The summed E-state index contributed by atoms with van der Waals surface area (Å²) in [5.41, 5.74) is 0.727. The van der Waals surface area contributed by atoms with E-state index in [9.17, 15) is 14.0 Å². The van der Waals surface area contributed by atoms with E-state index in [-0.39, 0.29) is 22.7 Å². The van der Waals surface area contributed by atoms with Crippen molar-refractivity contribution >= 4 is 34.5 Å². The molecule has 1 amide bonds. The normalized spacial score (nSPS) is 10.9. The lowest BCUT2D eigenvalue weighted by atomic mass is 10.3. The molecular weight excluding hydrogens is 321 g/mol. The summed E-state index contributed by atoms with van der Waals surface area (Å²) in [7, 11) is 1.72. The highest BCUT2D eigenvalue weighted by Gasteiger charge is 2.13. The van der Waals surface area contributed by atoms with Gasteiger partial charge in [0.25, 0.3) is 5.56 Å². The third kappa shape index (κ3) is 3.24. The summed E-state index contributed by atoms with van der Waals surface area (Å²) in [5, 5.41) is 3.10. The zero-order valence-corrected chi connectivity index (χ0v) is 12.9. The van der Waals surface area contributed by atoms with E-state index < -0.39 is 5.82 Å². The molecule has 2 heterocycles. The van der Waals surface area contributed by atoms with Gasteiger partial charge in [-0.1, -0.05) is 17.8 Å². The van der Waals surface area contributed by atoms with Gasteiger partial charge in [-0.15, -0.1) is 0 Å². The summed E-state index contributed by atoms with van der Waals surface area (Å²) in [6, 6.07) is 5.65. The molecule has 1 aromatic carbocycles. The number of aromatic nitrogens is 4. The van der Waals surface area contributed by atoms with Crippen molar-refractivity contribution in [2.45, 2.75) is 5.16 Å². The molecule has 0 aliphatic carbocycles. The zero-order chi connectivity index (χ0) is 16.4. The smallest absolute Gasteiger partial charge is 0.278 e. The van der Waals surface area contributed by atoms with Gasteiger partial charge in [-0.3, -0.25) is 9.59 Å². The molecule has 0 saturated heterocycles. The van der Waals surface area contributed by atoms with Crippen LogP contribution in [0, 0.1) is 5.82 Å². The molecular formula is C14H12FN5O2S. The van der Waals surface area contributed by atoms with Gasteiger partial charge >= 0.3 is 0 Å². The molecule has 3 aromatic rings. The minimum absolute atomic E-state index is 0.0750. The van der Waals surface area contributed by atoms with Gasteiger partial charge in [0, 0.05) is 12.7 Å². The van der Waals surface area contributed by atoms with Gasteiger partial charge in [-0.25, -0.2) is 14.4 Å². The molecule has 7 nitrogen and oxygen atoms in total. The van der Waals surface area contributed by atoms with Gasteiger partial charge in [-0.2, -0.15) is 0 Å². The van der Waals surface area contributed by atoms with Gasteiger partial charge in [0.1, 0.15) is 5.82 Å². The van der Waals surface area contributed by atoms with Crippen LogP contribution in [0.15, 0.2) is 40.5 Å². The van der Waals surface area contributed by atoms with E-state index >= 15 is 0 Å². The molecule has 0 radical (unpaired) electrons. The summed E-state index contributed by atoms with van der Waals surface area (Å²) in [6.45, 7) is 0. The number of aryl methyl sites for hydroxylation is 1. The monoisotopic (exact) mass is 333 g/mol. The van der Waals surface area contributed by atoms with Crippen molar-refractivity contribution in [3.8, 4) is 0 Å². The maximum Gasteiger partial charge on any atom is 0.278 e. The fourth-order valence-electron chi connectivity index (χ4n) is 2.01. The molecule has 9 heteroatoms. The molecule has 23 heavy (non-hydrogen) atoms. The highest BCUT2D eigenvalue weighted by atomic mass is 32.2. The quantitative estimate of drug-likeness (QED) is 0.706. The number of H-pyrrole nitrogens is 1. The van der Waals surface area contributed by atoms with Gasteiger partial charge in [0.2, 0.25) is 5.91 Å². The average molecular weight is 333 g/mol. The van der Waals surface area contributed by atoms with E-state index in [0.29, 0.717) is 16.5 Å². The van der Waals surface area contributed by atoms with Crippen LogP contribution in [-0.2, 0) is 11.8 Å². The number of hydrogen-bond donors (Lipinski definition) is 2. The third-order valence-electron chi connectivity index (χ3n) is 3.06. The first-order valence-corrected chi connectivity index (χ1v) is 7.61. The van der Waals surface area contributed by atoms with Gasteiger partial charge in [0.15, 0.2) is 16.3 Å². The maximum atomic E-state index is 13.1. The topological polar surface area (TPSA) is 92.7 Å². The second-order valence-electron chi connectivity index (χ2n) is 4.70. The first-order chi connectivity index (χ1) is 11.0. The zero-order valence-electron chi connectivity index (χ0n) is 12.0. The summed E-state index contributed by atoms with van der Waals surface area (Å²) in [4.78, 5) is 34.3. The van der Waals surface area contributed by atoms with Gasteiger partial charge in [-0.05, 0) is 18.2 Å². The Bertz CT molecular complexity index is 936. The van der Waals surface area contributed by atoms with Crippen LogP contribution in [0.2, 0.25) is 0 Å². The van der Waals surface area contributed by atoms with Crippen LogP contribution in [0.1, 0.15) is 0 Å². The minimum Gasteiger partial charge on any atom is -0.325 e. The Labute approximate surface area is 134 Å². The second kappa shape index (κ2) is 6.21. The largest absolute Gasteiger partial charge is 0.325 e. The van der Waals surface area contributed by atoms with E-state index in [4.69, 9.17) is 0 Å². The molecule has 2 aromatic heterocycles. The van der Waals surface area contributed by atoms with Crippen molar-refractivity contribution in [2.75, 3.05) is 11.1 Å². The van der Waals surface area contributed by atoms with Crippen LogP contribution >= 0.6 is 11.8 Å². The number of amides is 1. The molecule has 0 saturated carbocycles. The number of carbonyl (C=O) groups is 1. The summed E-state index contributed by atoms with van der Waals surface area (Å²) in [5.74, 6) is -0.642. The van der Waals surface area contributed by atoms with E-state index in [0.717, 1.165) is 0 Å². The maximum absolute atomic E-state index is 13.1. The van der Waals surface area contributed by atoms with Crippen molar-refractivity contribution < 1.29 is 9.18 Å². The van der Waals surface area contributed by atoms with Crippen molar-refractivity contribution in [1.29, 1.82) is 0 Å². The number of fused-ring (bicyclic) bond motifs is 1. The van der Waals surface area contributed by atoms with Gasteiger partial charge < -0.3 is 14.9 Å². The average Bonchev–Trinajstić information content (AvgIpc) is 2.84. The SMILES string of the molecule is Cn1c(SCC(=O)Nc2cccc(F)c2)nc2c(=O)[nH]cnc21. The number of hydrogen-bond acceptors (Lipinski definition) is 5. The summed E-state index contributed by atoms with van der Waals surface area (Å²) < 4.78 is 14.7. The van der Waals surface area contributed by atoms with Crippen molar-refractivity contribution in [3.05, 3.63) is 46.8 Å². The first kappa shape index (κ1) is 15.2. The number of carbonyl (C=O) groups excluding carboxylic acids is 1. The van der Waals surface area contributed by atoms with Crippen LogP contribution in [-0.4, -0.2) is 31.2 Å². The summed E-state index contributed by atoms with van der Waals surface area (Å²) in [6.07, 6.45) is 1.30. The predicted molar refractivity (Wildman–Crippen MR) is 84.9 cm³/mol. The van der Waals surface area contributed by atoms with E-state index in [1.165, 1.54) is 36.3 Å². The Balaban J connectivity index is 1.71. The molecule has 2 N–H and O–H groups in total. The van der Waals surface area contributed by atoms with Crippen LogP contribution in [0.5, 0.6) is 0 Å². The van der Waals surface area contributed by atoms with Crippen LogP contribution in [0.4, 0.5) is 10.1 Å². The number of nitrogens with zero attached hydrogens (tertiary/aromatic N) is 3. The highest BCUT2D eigenvalue weighted by Crippen LogP contribution is 2.20. The van der Waals surface area contributed by atoms with Crippen molar-refractivity contribution in [1.82, 2.24) is 19.5 Å². The number of anilines is 1. The molecule has 0 aliphatic rings. The molecule has 0 fully saturated rings. The lowest BCUT2D eigenvalue weighted by Gasteiger charge is -2.05. The third-order valence-corrected chi connectivity index (χ3v) is 4.09. The van der Waals surface area contributed by atoms with E-state index in [1.807, 2.05) is 0 Å². The number of halogens is 1. The summed E-state index contributed by atoms with van der Waals surface area (Å²) >= 11 is 1.17. The molecule has 0 unspecified atom stereocenters. The molecule has 0 aliphatic heterocycles. The van der Waals surface area contributed by atoms with Crippen molar-refractivity contribution in [2.24, 2.45) is 7.05 Å². The fraction of sp³-hybridized carbons (Fsp3) is 0.143. The Hall–Kier alpha value is -2.68. The first-order valence-electron chi connectivity index (χ1n) is 6.63. The Kier molecular flexibility index (Phi) is 4.11. The number of thioether (sulfide) groups is 1. The minimum atomic E-state index is -0.420. The number of aromatic amines is 1. The van der Waals surface area contributed by atoms with Crippen molar-refractivity contribution in [3.63, 3.8) is 0 Å². The highest BCUT2D eigenvalue weighted by molar-refractivity contribution is 7.99.